The Morgan fingerprint density at radius 3 is 2.00 bits per heavy atom. The van der Waals surface area contributed by atoms with E-state index in [0.717, 1.165) is 28.1 Å². The largest absolute Gasteiger partial charge is 0.481 e. The van der Waals surface area contributed by atoms with Crippen molar-refractivity contribution in [3.63, 3.8) is 0 Å². The summed E-state index contributed by atoms with van der Waals surface area (Å²) in [6.07, 6.45) is 0.698. The number of aliphatic carboxylic acids is 1. The zero-order valence-electron chi connectivity index (χ0n) is 16.2. The van der Waals surface area contributed by atoms with Gasteiger partial charge in [0, 0.05) is 24.3 Å². The monoisotopic (exact) mass is 387 g/mol. The van der Waals surface area contributed by atoms with Gasteiger partial charge in [-0.3, -0.25) is 4.79 Å². The number of nitrogens with one attached hydrogen (secondary N) is 3. The van der Waals surface area contributed by atoms with Gasteiger partial charge >= 0.3 is 5.97 Å². The molecule has 5 heteroatoms. The molecule has 0 unspecified atom stereocenters. The predicted octanol–water partition coefficient (Wildman–Crippen LogP) is 4.80. The molecular formula is C24H25N3O2. The third-order valence-corrected chi connectivity index (χ3v) is 4.62. The van der Waals surface area contributed by atoms with Crippen LogP contribution in [-0.2, 0) is 17.8 Å². The molecule has 4 N–H and O–H groups in total. The molecule has 0 aliphatic carbocycles. The van der Waals surface area contributed by atoms with Crippen LogP contribution in [0.25, 0.3) is 0 Å². The van der Waals surface area contributed by atoms with E-state index >= 15 is 0 Å². The Labute approximate surface area is 170 Å². The van der Waals surface area contributed by atoms with Gasteiger partial charge in [0.25, 0.3) is 0 Å². The fraction of sp³-hybridized carbons (Fsp3) is 0.167. The summed E-state index contributed by atoms with van der Waals surface area (Å²) in [5.74, 6) is -0.776. The fourth-order valence-electron chi connectivity index (χ4n) is 2.92. The number of carboxylic acids is 1. The van der Waals surface area contributed by atoms with Crippen LogP contribution in [-0.4, -0.2) is 23.3 Å². The number of hydrogen-bond acceptors (Lipinski definition) is 4. The summed E-state index contributed by atoms with van der Waals surface area (Å²) in [7, 11) is 0. The van der Waals surface area contributed by atoms with Crippen molar-refractivity contribution in [2.75, 3.05) is 17.2 Å². The summed E-state index contributed by atoms with van der Waals surface area (Å²) in [5, 5.41) is 23.5. The Morgan fingerprint density at radius 1 is 0.793 bits per heavy atom. The highest BCUT2D eigenvalue weighted by molar-refractivity contribution is 6.00. The highest BCUT2D eigenvalue weighted by Crippen LogP contribution is 2.14. The molecule has 29 heavy (non-hydrogen) atoms. The van der Waals surface area contributed by atoms with Crippen LogP contribution in [0.4, 0.5) is 11.4 Å². The van der Waals surface area contributed by atoms with Crippen molar-refractivity contribution in [2.45, 2.75) is 19.4 Å². The molecule has 0 saturated heterocycles. The van der Waals surface area contributed by atoms with Gasteiger partial charge in [-0.05, 0) is 47.4 Å². The van der Waals surface area contributed by atoms with Gasteiger partial charge in [0.2, 0.25) is 0 Å². The van der Waals surface area contributed by atoms with Crippen LogP contribution in [0.1, 0.15) is 23.1 Å². The van der Waals surface area contributed by atoms with Crippen LogP contribution < -0.4 is 10.6 Å². The van der Waals surface area contributed by atoms with Gasteiger partial charge in [-0.1, -0.05) is 54.6 Å². The zero-order valence-corrected chi connectivity index (χ0v) is 16.2. The summed E-state index contributed by atoms with van der Waals surface area (Å²) in [5.41, 5.74) is 5.65. The van der Waals surface area contributed by atoms with Crippen molar-refractivity contribution >= 4 is 23.1 Å². The molecule has 0 aromatic heterocycles. The van der Waals surface area contributed by atoms with Crippen LogP contribution in [0.2, 0.25) is 0 Å². The number of carbonyl (C=O) groups is 1. The van der Waals surface area contributed by atoms with E-state index in [1.807, 2.05) is 66.7 Å². The second kappa shape index (κ2) is 10.1. The molecule has 0 spiro atoms. The van der Waals surface area contributed by atoms with E-state index in [2.05, 4.69) is 22.8 Å². The topological polar surface area (TPSA) is 85.2 Å². The lowest BCUT2D eigenvalue weighted by atomic mass is 10.1. The molecule has 148 valence electrons. The minimum absolute atomic E-state index is 0.151. The summed E-state index contributed by atoms with van der Waals surface area (Å²) >= 11 is 0. The Balaban J connectivity index is 1.45. The molecule has 0 saturated carbocycles. The lowest BCUT2D eigenvalue weighted by Gasteiger charge is -2.10. The van der Waals surface area contributed by atoms with Gasteiger partial charge in [0.15, 0.2) is 0 Å². The molecule has 0 radical (unpaired) electrons. The quantitative estimate of drug-likeness (QED) is 0.377. The fourth-order valence-corrected chi connectivity index (χ4v) is 2.92. The number of aryl methyl sites for hydroxylation is 1. The smallest absolute Gasteiger partial charge is 0.303 e. The third-order valence-electron chi connectivity index (χ3n) is 4.62. The van der Waals surface area contributed by atoms with E-state index in [-0.39, 0.29) is 6.42 Å². The molecule has 3 aromatic carbocycles. The van der Waals surface area contributed by atoms with E-state index < -0.39 is 5.97 Å². The van der Waals surface area contributed by atoms with Crippen molar-refractivity contribution in [1.29, 1.82) is 5.41 Å². The second-order valence-electron chi connectivity index (χ2n) is 6.84. The average Bonchev–Trinajstić information content (AvgIpc) is 2.76. The predicted molar refractivity (Wildman–Crippen MR) is 118 cm³/mol. The Hall–Kier alpha value is -3.60. The zero-order chi connectivity index (χ0) is 20.5. The van der Waals surface area contributed by atoms with Crippen LogP contribution in [0.5, 0.6) is 0 Å². The number of hydrogen-bond donors (Lipinski definition) is 4. The van der Waals surface area contributed by atoms with Gasteiger partial charge in [-0.15, -0.1) is 0 Å². The summed E-state index contributed by atoms with van der Waals surface area (Å²) in [6.45, 7) is 1.18. The molecule has 0 fully saturated rings. The average molecular weight is 387 g/mol. The molecule has 0 bridgehead atoms. The molecular weight excluding hydrogens is 362 g/mol. The van der Waals surface area contributed by atoms with E-state index in [4.69, 9.17) is 10.5 Å². The molecule has 0 heterocycles. The van der Waals surface area contributed by atoms with E-state index in [9.17, 15) is 4.79 Å². The van der Waals surface area contributed by atoms with Crippen LogP contribution in [0.3, 0.4) is 0 Å². The van der Waals surface area contributed by atoms with Gasteiger partial charge < -0.3 is 21.1 Å². The van der Waals surface area contributed by atoms with Crippen molar-refractivity contribution in [1.82, 2.24) is 0 Å². The van der Waals surface area contributed by atoms with Gasteiger partial charge in [0.1, 0.15) is 0 Å². The van der Waals surface area contributed by atoms with Gasteiger partial charge in [0.05, 0.1) is 12.3 Å². The van der Waals surface area contributed by atoms with Crippen molar-refractivity contribution < 1.29 is 9.90 Å². The first-order chi connectivity index (χ1) is 14.1. The molecule has 5 nitrogen and oxygen atoms in total. The lowest BCUT2D eigenvalue weighted by molar-refractivity contribution is -0.136. The van der Waals surface area contributed by atoms with E-state index in [1.165, 1.54) is 0 Å². The number of benzene rings is 3. The molecule has 0 atom stereocenters. The maximum absolute atomic E-state index is 10.6. The van der Waals surface area contributed by atoms with E-state index in [0.29, 0.717) is 25.2 Å². The maximum Gasteiger partial charge on any atom is 0.303 e. The lowest BCUT2D eigenvalue weighted by Crippen LogP contribution is -2.13. The summed E-state index contributed by atoms with van der Waals surface area (Å²) in [6, 6.07) is 25.7. The first kappa shape index (κ1) is 20.1. The SMILES string of the molecule is N=C(CNc1ccc(CNc2ccc(CCC(=O)O)cc2)cc1)c1ccccc1. The van der Waals surface area contributed by atoms with Gasteiger partial charge in [-0.25, -0.2) is 0 Å². The minimum Gasteiger partial charge on any atom is -0.481 e. The van der Waals surface area contributed by atoms with Crippen molar-refractivity contribution in [3.8, 4) is 0 Å². The third kappa shape index (κ3) is 6.50. The van der Waals surface area contributed by atoms with Crippen LogP contribution >= 0.6 is 0 Å². The molecule has 0 aliphatic heterocycles. The highest BCUT2D eigenvalue weighted by atomic mass is 16.4. The molecule has 0 aliphatic rings. The summed E-state index contributed by atoms with van der Waals surface area (Å²) < 4.78 is 0. The first-order valence-electron chi connectivity index (χ1n) is 9.60. The molecule has 3 rings (SSSR count). The number of rotatable bonds is 10. The van der Waals surface area contributed by atoms with Gasteiger partial charge in [-0.2, -0.15) is 0 Å². The molecule has 0 amide bonds. The van der Waals surface area contributed by atoms with Crippen molar-refractivity contribution in [2.24, 2.45) is 0 Å². The first-order valence-corrected chi connectivity index (χ1v) is 9.60. The molecule has 3 aromatic rings. The normalized spacial score (nSPS) is 10.3. The summed E-state index contributed by atoms with van der Waals surface area (Å²) in [4.78, 5) is 10.6. The Kier molecular flexibility index (Phi) is 7.00. The number of anilines is 2. The number of carboxylic acid groups (broad SMARTS) is 1. The standard InChI is InChI=1S/C24H25N3O2/c25-23(20-4-2-1-3-5-20)17-27-22-13-8-19(9-14-22)16-26-21-11-6-18(7-12-21)10-15-24(28)29/h1-9,11-14,25-27H,10,15-17H2,(H,28,29). The van der Waals surface area contributed by atoms with Crippen LogP contribution in [0, 0.1) is 5.41 Å². The van der Waals surface area contributed by atoms with Crippen LogP contribution in [0.15, 0.2) is 78.9 Å². The maximum atomic E-state index is 10.6. The minimum atomic E-state index is -0.776. The highest BCUT2D eigenvalue weighted by Gasteiger charge is 2.02. The van der Waals surface area contributed by atoms with E-state index in [1.54, 1.807) is 0 Å². The Bertz CT molecular complexity index is 936. The van der Waals surface area contributed by atoms with Crippen molar-refractivity contribution in [3.05, 3.63) is 95.6 Å². The second-order valence-corrected chi connectivity index (χ2v) is 6.84. The Morgan fingerprint density at radius 2 is 1.38 bits per heavy atom.